The van der Waals surface area contributed by atoms with Crippen LogP contribution in [-0.2, 0) is 6.42 Å². The van der Waals surface area contributed by atoms with E-state index in [9.17, 15) is 9.90 Å². The molecule has 0 saturated heterocycles. The molecule has 4 aromatic carbocycles. The minimum atomic E-state index is -0.601. The van der Waals surface area contributed by atoms with Crippen molar-refractivity contribution in [1.29, 1.82) is 0 Å². The number of aryl methyl sites for hydroxylation is 1. The van der Waals surface area contributed by atoms with Crippen molar-refractivity contribution < 1.29 is 24.1 Å². The number of halogens is 1. The zero-order valence-electron chi connectivity index (χ0n) is 23.2. The number of benzene rings is 4. The molecule has 0 bridgehead atoms. The second kappa shape index (κ2) is 12.1. The van der Waals surface area contributed by atoms with Crippen molar-refractivity contribution in [3.8, 4) is 23.0 Å². The standard InChI is InChI=1S/C33H30ClNO5S/c1-5-21-18-24(31(37)23-12-8-9-13-25(23)34)33(41-21)35-30(20-16-27(38-2)32(40-4)28(17-20)39-3)29-22-11-7-6-10-19(22)14-15-26(29)36/h6-18,30,35-36H,5H2,1-4H3. The van der Waals surface area contributed by atoms with E-state index >= 15 is 0 Å². The van der Waals surface area contributed by atoms with E-state index < -0.39 is 6.04 Å². The minimum Gasteiger partial charge on any atom is -0.508 e. The highest BCUT2D eigenvalue weighted by Crippen LogP contribution is 2.45. The van der Waals surface area contributed by atoms with Gasteiger partial charge in [-0.25, -0.2) is 0 Å². The molecule has 0 aliphatic carbocycles. The average molecular weight is 588 g/mol. The quantitative estimate of drug-likeness (QED) is 0.160. The first-order chi connectivity index (χ1) is 19.9. The van der Waals surface area contributed by atoms with E-state index in [0.29, 0.717) is 44.0 Å². The zero-order valence-corrected chi connectivity index (χ0v) is 24.7. The second-order valence-electron chi connectivity index (χ2n) is 9.37. The molecular weight excluding hydrogens is 558 g/mol. The number of ketones is 1. The average Bonchev–Trinajstić information content (AvgIpc) is 3.42. The minimum absolute atomic E-state index is 0.112. The predicted octanol–water partition coefficient (Wildman–Crippen LogP) is 8.28. The van der Waals surface area contributed by atoms with E-state index in [0.717, 1.165) is 27.6 Å². The van der Waals surface area contributed by atoms with Crippen molar-refractivity contribution in [2.24, 2.45) is 0 Å². The van der Waals surface area contributed by atoms with Crippen LogP contribution in [0.2, 0.25) is 5.02 Å². The number of anilines is 1. The fraction of sp³-hybridized carbons (Fsp3) is 0.182. The summed E-state index contributed by atoms with van der Waals surface area (Å²) in [6.07, 6.45) is 0.753. The van der Waals surface area contributed by atoms with Gasteiger partial charge in [-0.05, 0) is 59.2 Å². The third-order valence-corrected chi connectivity index (χ3v) is 8.57. The topological polar surface area (TPSA) is 77.0 Å². The van der Waals surface area contributed by atoms with E-state index in [4.69, 9.17) is 25.8 Å². The van der Waals surface area contributed by atoms with E-state index in [1.54, 1.807) is 51.7 Å². The lowest BCUT2D eigenvalue weighted by molar-refractivity contribution is 0.104. The highest BCUT2D eigenvalue weighted by Gasteiger charge is 2.28. The number of thiophene rings is 1. The molecule has 5 rings (SSSR count). The number of hydrogen-bond donors (Lipinski definition) is 2. The Morgan fingerprint density at radius 2 is 1.59 bits per heavy atom. The van der Waals surface area contributed by atoms with Crippen LogP contribution in [0.5, 0.6) is 23.0 Å². The van der Waals surface area contributed by atoms with Crippen molar-refractivity contribution in [2.75, 3.05) is 26.6 Å². The van der Waals surface area contributed by atoms with Crippen LogP contribution in [0.25, 0.3) is 10.8 Å². The fourth-order valence-electron chi connectivity index (χ4n) is 4.99. The Kier molecular flexibility index (Phi) is 8.38. The first-order valence-electron chi connectivity index (χ1n) is 13.1. The third kappa shape index (κ3) is 5.43. The van der Waals surface area contributed by atoms with E-state index in [-0.39, 0.29) is 11.5 Å². The lowest BCUT2D eigenvalue weighted by Crippen LogP contribution is -2.15. The Bertz CT molecular complexity index is 1710. The van der Waals surface area contributed by atoms with Gasteiger partial charge in [-0.3, -0.25) is 4.79 Å². The maximum atomic E-state index is 13.8. The molecule has 0 saturated carbocycles. The number of methoxy groups -OCH3 is 3. The molecule has 1 unspecified atom stereocenters. The highest BCUT2D eigenvalue weighted by atomic mass is 35.5. The number of aromatic hydroxyl groups is 1. The Hall–Kier alpha value is -4.20. The van der Waals surface area contributed by atoms with Crippen molar-refractivity contribution >= 4 is 44.5 Å². The van der Waals surface area contributed by atoms with Gasteiger partial charge in [0.15, 0.2) is 17.3 Å². The molecule has 41 heavy (non-hydrogen) atoms. The summed E-state index contributed by atoms with van der Waals surface area (Å²) in [7, 11) is 4.68. The van der Waals surface area contributed by atoms with Crippen LogP contribution in [0.15, 0.2) is 78.9 Å². The summed E-state index contributed by atoms with van der Waals surface area (Å²) in [6.45, 7) is 2.05. The summed E-state index contributed by atoms with van der Waals surface area (Å²) in [5, 5.41) is 17.8. The van der Waals surface area contributed by atoms with Crippen molar-refractivity contribution in [3.63, 3.8) is 0 Å². The van der Waals surface area contributed by atoms with Gasteiger partial charge in [0.1, 0.15) is 10.8 Å². The van der Waals surface area contributed by atoms with E-state index in [1.165, 1.54) is 11.3 Å². The maximum absolute atomic E-state index is 13.8. The fourth-order valence-corrected chi connectivity index (χ4v) is 6.23. The maximum Gasteiger partial charge on any atom is 0.203 e. The number of carbonyl (C=O) groups excluding carboxylic acids is 1. The van der Waals surface area contributed by atoms with Gasteiger partial charge in [-0.1, -0.05) is 61.0 Å². The number of rotatable bonds is 10. The van der Waals surface area contributed by atoms with Crippen LogP contribution in [0, 0.1) is 0 Å². The van der Waals surface area contributed by atoms with Crippen molar-refractivity contribution in [3.05, 3.63) is 111 Å². The molecule has 6 nitrogen and oxygen atoms in total. The number of phenolic OH excluding ortho intramolecular Hbond substituents is 1. The summed E-state index contributed by atoms with van der Waals surface area (Å²) < 4.78 is 16.9. The first kappa shape index (κ1) is 28.3. The van der Waals surface area contributed by atoms with Gasteiger partial charge in [-0.15, -0.1) is 11.3 Å². The van der Waals surface area contributed by atoms with Gasteiger partial charge in [0.25, 0.3) is 0 Å². The summed E-state index contributed by atoms with van der Waals surface area (Å²) in [6, 6.07) is 23.5. The molecule has 1 aromatic heterocycles. The second-order valence-corrected chi connectivity index (χ2v) is 10.9. The zero-order chi connectivity index (χ0) is 29.1. The smallest absolute Gasteiger partial charge is 0.203 e. The molecule has 8 heteroatoms. The Balaban J connectivity index is 1.74. The molecule has 1 heterocycles. The molecular formula is C33H30ClNO5S. The van der Waals surface area contributed by atoms with Gasteiger partial charge >= 0.3 is 0 Å². The summed E-state index contributed by atoms with van der Waals surface area (Å²) in [4.78, 5) is 14.8. The molecule has 1 atom stereocenters. The summed E-state index contributed by atoms with van der Waals surface area (Å²) in [5.74, 6) is 1.34. The molecule has 5 aromatic rings. The summed E-state index contributed by atoms with van der Waals surface area (Å²) in [5.41, 5.74) is 2.33. The number of nitrogens with one attached hydrogen (secondary N) is 1. The van der Waals surface area contributed by atoms with Gasteiger partial charge in [0.2, 0.25) is 5.75 Å². The van der Waals surface area contributed by atoms with Gasteiger partial charge in [0, 0.05) is 16.0 Å². The molecule has 0 radical (unpaired) electrons. The SMILES string of the molecule is CCc1cc(C(=O)c2ccccc2Cl)c(NC(c2cc(OC)c(OC)c(OC)c2)c2c(O)ccc3ccccc23)s1. The van der Waals surface area contributed by atoms with Crippen LogP contribution >= 0.6 is 22.9 Å². The van der Waals surface area contributed by atoms with Crippen molar-refractivity contribution in [1.82, 2.24) is 0 Å². The third-order valence-electron chi connectivity index (χ3n) is 7.03. The van der Waals surface area contributed by atoms with Crippen LogP contribution in [0.1, 0.15) is 44.9 Å². The number of fused-ring (bicyclic) bond motifs is 1. The number of carbonyl (C=O) groups is 1. The highest BCUT2D eigenvalue weighted by molar-refractivity contribution is 7.16. The molecule has 0 amide bonds. The number of phenols is 1. The molecule has 0 spiro atoms. The van der Waals surface area contributed by atoms with Crippen LogP contribution in [0.3, 0.4) is 0 Å². The van der Waals surface area contributed by atoms with E-state index in [2.05, 4.69) is 5.32 Å². The van der Waals surface area contributed by atoms with Crippen molar-refractivity contribution in [2.45, 2.75) is 19.4 Å². The summed E-state index contributed by atoms with van der Waals surface area (Å²) >= 11 is 7.93. The Morgan fingerprint density at radius 3 is 2.24 bits per heavy atom. The molecule has 0 aliphatic heterocycles. The van der Waals surface area contributed by atoms with Gasteiger partial charge in [-0.2, -0.15) is 0 Å². The molecule has 0 aliphatic rings. The van der Waals surface area contributed by atoms with Crippen LogP contribution in [0.4, 0.5) is 5.00 Å². The van der Waals surface area contributed by atoms with E-state index in [1.807, 2.05) is 55.5 Å². The number of ether oxygens (including phenoxy) is 3. The lowest BCUT2D eigenvalue weighted by atomic mass is 9.92. The molecule has 0 fully saturated rings. The van der Waals surface area contributed by atoms with Gasteiger partial charge < -0.3 is 24.6 Å². The van der Waals surface area contributed by atoms with Gasteiger partial charge in [0.05, 0.1) is 38.0 Å². The predicted molar refractivity (Wildman–Crippen MR) is 166 cm³/mol. The Morgan fingerprint density at radius 1 is 0.902 bits per heavy atom. The molecule has 2 N–H and O–H groups in total. The number of hydrogen-bond acceptors (Lipinski definition) is 7. The van der Waals surface area contributed by atoms with Crippen LogP contribution < -0.4 is 19.5 Å². The van der Waals surface area contributed by atoms with Crippen LogP contribution in [-0.4, -0.2) is 32.2 Å². The Labute approximate surface area is 248 Å². The lowest BCUT2D eigenvalue weighted by Gasteiger charge is -2.25. The normalized spacial score (nSPS) is 11.7. The first-order valence-corrected chi connectivity index (χ1v) is 14.3. The largest absolute Gasteiger partial charge is 0.508 e. The molecule has 210 valence electrons. The monoisotopic (exact) mass is 587 g/mol.